The van der Waals surface area contributed by atoms with E-state index in [1.54, 1.807) is 0 Å². The Bertz CT molecular complexity index is 1370. The minimum atomic E-state index is -0.227. The first-order valence-electron chi connectivity index (χ1n) is 9.46. The fourth-order valence-corrected chi connectivity index (χ4v) is 3.98. The number of benzene rings is 3. The van der Waals surface area contributed by atoms with Gasteiger partial charge in [-0.05, 0) is 48.2 Å². The third kappa shape index (κ3) is 2.88. The average Bonchev–Trinajstić information content (AvgIpc) is 3.28. The summed E-state index contributed by atoms with van der Waals surface area (Å²) in [5, 5.41) is 4.09. The first kappa shape index (κ1) is 17.3. The van der Waals surface area contributed by atoms with Crippen LogP contribution in [0.15, 0.2) is 76.0 Å². The molecule has 5 heteroatoms. The van der Waals surface area contributed by atoms with Gasteiger partial charge in [-0.25, -0.2) is 4.79 Å². The van der Waals surface area contributed by atoms with Gasteiger partial charge in [0, 0.05) is 11.1 Å². The first-order chi connectivity index (χ1) is 14.1. The van der Waals surface area contributed by atoms with E-state index in [9.17, 15) is 4.79 Å². The summed E-state index contributed by atoms with van der Waals surface area (Å²) in [5.74, 6) is 0.752. The summed E-state index contributed by atoms with van der Waals surface area (Å²) < 4.78 is 5.38. The number of nitrogens with one attached hydrogen (secondary N) is 2. The van der Waals surface area contributed by atoms with Gasteiger partial charge in [-0.3, -0.25) is 0 Å². The Labute approximate surface area is 167 Å². The zero-order valence-corrected chi connectivity index (χ0v) is 16.1. The number of H-pyrrole nitrogens is 2. The van der Waals surface area contributed by atoms with Crippen molar-refractivity contribution in [2.75, 3.05) is 0 Å². The highest BCUT2D eigenvalue weighted by molar-refractivity contribution is 6.00. The van der Waals surface area contributed by atoms with Gasteiger partial charge in [-0.1, -0.05) is 59.8 Å². The number of aromatic nitrogens is 3. The molecular weight excluding hydrogens is 362 g/mol. The Morgan fingerprint density at radius 1 is 0.793 bits per heavy atom. The van der Waals surface area contributed by atoms with Crippen molar-refractivity contribution in [2.24, 2.45) is 0 Å². The maximum Gasteiger partial charge on any atom is 0.323 e. The van der Waals surface area contributed by atoms with Crippen molar-refractivity contribution in [3.63, 3.8) is 0 Å². The monoisotopic (exact) mass is 381 g/mol. The molecule has 0 aliphatic rings. The normalized spacial score (nSPS) is 11.2. The van der Waals surface area contributed by atoms with Crippen LogP contribution in [-0.2, 0) is 0 Å². The Kier molecular flexibility index (Phi) is 3.95. The largest absolute Gasteiger partial charge is 0.361 e. The number of imidazole rings is 1. The topological polar surface area (TPSA) is 74.7 Å². The lowest BCUT2D eigenvalue weighted by Gasteiger charge is -2.13. The molecule has 0 aliphatic carbocycles. The molecular formula is C24H19N3O2. The van der Waals surface area contributed by atoms with Crippen molar-refractivity contribution in [1.82, 2.24) is 15.1 Å². The van der Waals surface area contributed by atoms with Crippen molar-refractivity contribution >= 4 is 11.0 Å². The van der Waals surface area contributed by atoms with Gasteiger partial charge in [-0.15, -0.1) is 0 Å². The number of rotatable bonds is 3. The lowest BCUT2D eigenvalue weighted by molar-refractivity contribution is 0.393. The highest BCUT2D eigenvalue weighted by Gasteiger charge is 2.18. The van der Waals surface area contributed by atoms with Gasteiger partial charge in [-0.2, -0.15) is 0 Å². The first-order valence-corrected chi connectivity index (χ1v) is 9.46. The van der Waals surface area contributed by atoms with E-state index in [4.69, 9.17) is 4.52 Å². The molecule has 0 bridgehead atoms. The predicted molar refractivity (Wildman–Crippen MR) is 115 cm³/mol. The molecule has 0 saturated carbocycles. The van der Waals surface area contributed by atoms with Crippen LogP contribution in [0.25, 0.3) is 44.4 Å². The van der Waals surface area contributed by atoms with E-state index in [1.807, 2.05) is 50.2 Å². The molecule has 3 aromatic carbocycles. The standard InChI is InChI=1S/C24H19N3O2/c1-14-22(15(2)29-27-14)17-12-20(23-21(13-17)25-24(28)26-23)19-11-7-6-10-18(19)16-8-4-3-5-9-16/h3-13H,1-2H3,(H2,25,26,28). The molecule has 5 aromatic rings. The highest BCUT2D eigenvalue weighted by Crippen LogP contribution is 2.38. The van der Waals surface area contributed by atoms with Gasteiger partial charge in [0.2, 0.25) is 0 Å². The molecule has 5 rings (SSSR count). The van der Waals surface area contributed by atoms with Gasteiger partial charge in [0.05, 0.1) is 16.7 Å². The number of hydrogen-bond donors (Lipinski definition) is 2. The number of fused-ring (bicyclic) bond motifs is 1. The van der Waals surface area contributed by atoms with Gasteiger partial charge in [0.1, 0.15) is 5.76 Å². The predicted octanol–water partition coefficient (Wildman–Crippen LogP) is 5.46. The molecule has 0 unspecified atom stereocenters. The lowest BCUT2D eigenvalue weighted by Crippen LogP contribution is -1.99. The molecule has 29 heavy (non-hydrogen) atoms. The molecule has 2 N–H and O–H groups in total. The summed E-state index contributed by atoms with van der Waals surface area (Å²) >= 11 is 0. The molecule has 2 heterocycles. The zero-order chi connectivity index (χ0) is 20.0. The molecule has 0 aliphatic heterocycles. The molecule has 0 amide bonds. The van der Waals surface area contributed by atoms with Gasteiger partial charge >= 0.3 is 5.69 Å². The fraction of sp³-hybridized carbons (Fsp3) is 0.0833. The number of aromatic amines is 2. The Morgan fingerprint density at radius 3 is 2.24 bits per heavy atom. The minimum Gasteiger partial charge on any atom is -0.361 e. The van der Waals surface area contributed by atoms with Crippen molar-refractivity contribution in [3.8, 4) is 33.4 Å². The van der Waals surface area contributed by atoms with E-state index >= 15 is 0 Å². The molecule has 0 saturated heterocycles. The van der Waals surface area contributed by atoms with Crippen LogP contribution in [0.5, 0.6) is 0 Å². The summed E-state index contributed by atoms with van der Waals surface area (Å²) in [6.07, 6.45) is 0. The summed E-state index contributed by atoms with van der Waals surface area (Å²) in [7, 11) is 0. The maximum atomic E-state index is 12.1. The second-order valence-electron chi connectivity index (χ2n) is 7.14. The SMILES string of the molecule is Cc1noc(C)c1-c1cc(-c2ccccc2-c2ccccc2)c2[nH]c(=O)[nH]c2c1. The Morgan fingerprint density at radius 2 is 1.52 bits per heavy atom. The van der Waals surface area contributed by atoms with Crippen LogP contribution < -0.4 is 5.69 Å². The van der Waals surface area contributed by atoms with E-state index in [2.05, 4.69) is 45.5 Å². The van der Waals surface area contributed by atoms with Gasteiger partial charge in [0.15, 0.2) is 0 Å². The summed E-state index contributed by atoms with van der Waals surface area (Å²) in [5.41, 5.74) is 8.27. The second-order valence-corrected chi connectivity index (χ2v) is 7.14. The molecule has 0 atom stereocenters. The van der Waals surface area contributed by atoms with Gasteiger partial charge in [0.25, 0.3) is 0 Å². The highest BCUT2D eigenvalue weighted by atomic mass is 16.5. The van der Waals surface area contributed by atoms with Crippen LogP contribution in [0.3, 0.4) is 0 Å². The molecule has 5 nitrogen and oxygen atoms in total. The van der Waals surface area contributed by atoms with E-state index in [1.165, 1.54) is 0 Å². The number of hydrogen-bond acceptors (Lipinski definition) is 3. The van der Waals surface area contributed by atoms with E-state index in [0.29, 0.717) is 0 Å². The van der Waals surface area contributed by atoms with Crippen molar-refractivity contribution in [1.29, 1.82) is 0 Å². The van der Waals surface area contributed by atoms with Crippen molar-refractivity contribution < 1.29 is 4.52 Å². The second kappa shape index (κ2) is 6.63. The maximum absolute atomic E-state index is 12.1. The Hall–Kier alpha value is -3.86. The van der Waals surface area contributed by atoms with Gasteiger partial charge < -0.3 is 14.5 Å². The van der Waals surface area contributed by atoms with E-state index < -0.39 is 0 Å². The number of nitrogens with zero attached hydrogens (tertiary/aromatic N) is 1. The summed E-state index contributed by atoms with van der Waals surface area (Å²) in [6, 6.07) is 22.5. The molecule has 0 radical (unpaired) electrons. The molecule has 0 fully saturated rings. The third-order valence-corrected chi connectivity index (χ3v) is 5.25. The number of aryl methyl sites for hydroxylation is 2. The van der Waals surface area contributed by atoms with Crippen LogP contribution in [-0.4, -0.2) is 15.1 Å². The summed E-state index contributed by atoms with van der Waals surface area (Å²) in [6.45, 7) is 3.82. The summed E-state index contributed by atoms with van der Waals surface area (Å²) in [4.78, 5) is 18.0. The quantitative estimate of drug-likeness (QED) is 0.436. The lowest BCUT2D eigenvalue weighted by atomic mass is 9.91. The zero-order valence-electron chi connectivity index (χ0n) is 16.1. The molecule has 0 spiro atoms. The van der Waals surface area contributed by atoms with Crippen LogP contribution in [0, 0.1) is 13.8 Å². The fourth-order valence-electron chi connectivity index (χ4n) is 3.98. The van der Waals surface area contributed by atoms with Crippen LogP contribution in [0.4, 0.5) is 0 Å². The van der Waals surface area contributed by atoms with E-state index in [0.717, 1.165) is 55.9 Å². The van der Waals surface area contributed by atoms with Crippen LogP contribution in [0.2, 0.25) is 0 Å². The third-order valence-electron chi connectivity index (χ3n) is 5.25. The molecule has 142 valence electrons. The van der Waals surface area contributed by atoms with Crippen molar-refractivity contribution in [2.45, 2.75) is 13.8 Å². The van der Waals surface area contributed by atoms with E-state index in [-0.39, 0.29) is 5.69 Å². The van der Waals surface area contributed by atoms with Crippen molar-refractivity contribution in [3.05, 3.63) is 88.7 Å². The Balaban J connectivity index is 1.84. The molecule has 2 aromatic heterocycles. The smallest absolute Gasteiger partial charge is 0.323 e. The average molecular weight is 381 g/mol. The minimum absolute atomic E-state index is 0.227. The van der Waals surface area contributed by atoms with Crippen LogP contribution >= 0.6 is 0 Å². The van der Waals surface area contributed by atoms with Crippen LogP contribution in [0.1, 0.15) is 11.5 Å².